The second kappa shape index (κ2) is 10.6. The third-order valence-corrected chi connectivity index (χ3v) is 5.90. The Hall–Kier alpha value is -2.68. The molecule has 31 heavy (non-hydrogen) atoms. The summed E-state index contributed by atoms with van der Waals surface area (Å²) in [6, 6.07) is 1.76. The molecule has 1 atom stereocenters. The van der Waals surface area contributed by atoms with Gasteiger partial charge in [0.25, 0.3) is 0 Å². The van der Waals surface area contributed by atoms with Crippen molar-refractivity contribution in [3.05, 3.63) is 41.1 Å². The molecule has 0 aliphatic carbocycles. The standard InChI is InChI=1S/C22H31F2N5O2/c1-5-14(2)18(26-20-12-21(28-27-20)31-22(23)24)6-7-19-16(4)29(13-25-19)15(3)17-8-10-30-11-9-17/h6-7,12-13,15,17,22H,5,8-11H2,1-4H3,(H2,26,27,28)/b7-6-,18-14-. The Morgan fingerprint density at radius 2 is 2.16 bits per heavy atom. The van der Waals surface area contributed by atoms with E-state index in [4.69, 9.17) is 4.74 Å². The summed E-state index contributed by atoms with van der Waals surface area (Å²) in [6.45, 7) is 7.12. The number of aromatic nitrogens is 4. The molecule has 3 rings (SSSR count). The lowest BCUT2D eigenvalue weighted by Gasteiger charge is -2.29. The van der Waals surface area contributed by atoms with Crippen LogP contribution in [0.15, 0.2) is 29.7 Å². The number of nitrogens with zero attached hydrogens (tertiary/aromatic N) is 3. The highest BCUT2D eigenvalue weighted by atomic mass is 19.3. The Balaban J connectivity index is 1.74. The van der Waals surface area contributed by atoms with E-state index in [1.165, 1.54) is 6.07 Å². The first-order valence-electron chi connectivity index (χ1n) is 10.6. The zero-order valence-corrected chi connectivity index (χ0v) is 18.5. The number of allylic oxidation sites excluding steroid dienone is 2. The molecule has 2 N–H and O–H groups in total. The summed E-state index contributed by atoms with van der Waals surface area (Å²) in [7, 11) is 0. The number of H-pyrrole nitrogens is 1. The Kier molecular flexibility index (Phi) is 7.84. The van der Waals surface area contributed by atoms with Crippen LogP contribution in [0.2, 0.25) is 0 Å². The maximum Gasteiger partial charge on any atom is 0.388 e. The largest absolute Gasteiger partial charge is 0.415 e. The molecule has 0 aromatic carbocycles. The Labute approximate surface area is 181 Å². The highest BCUT2D eigenvalue weighted by Gasteiger charge is 2.23. The molecule has 1 saturated heterocycles. The summed E-state index contributed by atoms with van der Waals surface area (Å²) >= 11 is 0. The van der Waals surface area contributed by atoms with Gasteiger partial charge >= 0.3 is 6.61 Å². The van der Waals surface area contributed by atoms with Crippen LogP contribution in [0.3, 0.4) is 0 Å². The molecule has 2 aromatic rings. The van der Waals surface area contributed by atoms with Gasteiger partial charge < -0.3 is 19.4 Å². The van der Waals surface area contributed by atoms with E-state index in [0.29, 0.717) is 17.8 Å². The number of rotatable bonds is 9. The molecule has 1 aliphatic rings. The normalized spacial score (nSPS) is 17.3. The monoisotopic (exact) mass is 435 g/mol. The van der Waals surface area contributed by atoms with Gasteiger partial charge in [0.1, 0.15) is 5.82 Å². The second-order valence-corrected chi connectivity index (χ2v) is 7.82. The van der Waals surface area contributed by atoms with E-state index in [1.807, 2.05) is 25.4 Å². The van der Waals surface area contributed by atoms with Gasteiger partial charge in [-0.25, -0.2) is 4.98 Å². The number of ether oxygens (including phenoxy) is 2. The first-order valence-corrected chi connectivity index (χ1v) is 10.6. The average Bonchev–Trinajstić information content (AvgIpc) is 3.36. The number of hydrogen-bond donors (Lipinski definition) is 2. The molecular formula is C22H31F2N5O2. The number of halogens is 2. The number of hydrogen-bond acceptors (Lipinski definition) is 5. The first-order chi connectivity index (χ1) is 14.9. The van der Waals surface area contributed by atoms with E-state index < -0.39 is 6.61 Å². The van der Waals surface area contributed by atoms with Gasteiger partial charge in [0.2, 0.25) is 5.88 Å². The molecule has 0 spiro atoms. The summed E-state index contributed by atoms with van der Waals surface area (Å²) in [5, 5.41) is 9.60. The van der Waals surface area contributed by atoms with Crippen LogP contribution < -0.4 is 10.1 Å². The smallest absolute Gasteiger partial charge is 0.388 e. The van der Waals surface area contributed by atoms with E-state index in [9.17, 15) is 8.78 Å². The molecule has 1 fully saturated rings. The number of alkyl halides is 2. The molecule has 7 nitrogen and oxygen atoms in total. The zero-order chi connectivity index (χ0) is 22.4. The molecule has 2 aromatic heterocycles. The molecule has 1 aliphatic heterocycles. The lowest BCUT2D eigenvalue weighted by atomic mass is 9.92. The third-order valence-electron chi connectivity index (χ3n) is 5.90. The van der Waals surface area contributed by atoms with Crippen molar-refractivity contribution < 1.29 is 18.3 Å². The molecule has 0 saturated carbocycles. The van der Waals surface area contributed by atoms with Gasteiger partial charge in [-0.05, 0) is 58.1 Å². The summed E-state index contributed by atoms with van der Waals surface area (Å²) in [4.78, 5) is 4.60. The van der Waals surface area contributed by atoms with Crippen molar-refractivity contribution in [2.75, 3.05) is 18.5 Å². The highest BCUT2D eigenvalue weighted by molar-refractivity contribution is 5.57. The average molecular weight is 436 g/mol. The van der Waals surface area contributed by atoms with Crippen molar-refractivity contribution in [2.45, 2.75) is 59.6 Å². The topological polar surface area (TPSA) is 77.0 Å². The fourth-order valence-electron chi connectivity index (χ4n) is 3.74. The molecular weight excluding hydrogens is 404 g/mol. The highest BCUT2D eigenvalue weighted by Crippen LogP contribution is 2.29. The number of nitrogens with one attached hydrogen (secondary N) is 2. The van der Waals surface area contributed by atoms with Crippen LogP contribution in [0, 0.1) is 12.8 Å². The van der Waals surface area contributed by atoms with E-state index in [0.717, 1.165) is 55.1 Å². The van der Waals surface area contributed by atoms with E-state index in [2.05, 4.69) is 50.6 Å². The predicted octanol–water partition coefficient (Wildman–Crippen LogP) is 5.31. The maximum atomic E-state index is 12.4. The number of aromatic amines is 1. The van der Waals surface area contributed by atoms with Crippen LogP contribution in [0.4, 0.5) is 14.6 Å². The van der Waals surface area contributed by atoms with Gasteiger partial charge in [-0.3, -0.25) is 5.10 Å². The minimum atomic E-state index is -2.91. The van der Waals surface area contributed by atoms with Crippen molar-refractivity contribution in [3.8, 4) is 5.88 Å². The Bertz CT molecular complexity index is 913. The lowest BCUT2D eigenvalue weighted by molar-refractivity contribution is -0.0528. The van der Waals surface area contributed by atoms with Crippen molar-refractivity contribution in [1.29, 1.82) is 0 Å². The lowest BCUT2D eigenvalue weighted by Crippen LogP contribution is -2.24. The van der Waals surface area contributed by atoms with E-state index in [1.54, 1.807) is 0 Å². The van der Waals surface area contributed by atoms with Crippen molar-refractivity contribution in [1.82, 2.24) is 19.7 Å². The van der Waals surface area contributed by atoms with Gasteiger partial charge in [0.05, 0.1) is 12.0 Å². The van der Waals surface area contributed by atoms with Gasteiger partial charge in [0, 0.05) is 36.7 Å². The molecule has 170 valence electrons. The maximum absolute atomic E-state index is 12.4. The van der Waals surface area contributed by atoms with E-state index in [-0.39, 0.29) is 5.88 Å². The molecule has 0 radical (unpaired) electrons. The van der Waals surface area contributed by atoms with Crippen LogP contribution >= 0.6 is 0 Å². The summed E-state index contributed by atoms with van der Waals surface area (Å²) < 4.78 is 36.8. The molecule has 9 heteroatoms. The Morgan fingerprint density at radius 3 is 2.84 bits per heavy atom. The van der Waals surface area contributed by atoms with Gasteiger partial charge in [0.15, 0.2) is 0 Å². The third kappa shape index (κ3) is 5.94. The fourth-order valence-corrected chi connectivity index (χ4v) is 3.74. The molecule has 0 amide bonds. The minimum Gasteiger partial charge on any atom is -0.415 e. The first kappa shape index (κ1) is 23.0. The van der Waals surface area contributed by atoms with Crippen LogP contribution in [0.1, 0.15) is 57.5 Å². The van der Waals surface area contributed by atoms with Crippen LogP contribution in [0.25, 0.3) is 6.08 Å². The van der Waals surface area contributed by atoms with Crippen molar-refractivity contribution >= 4 is 11.9 Å². The summed E-state index contributed by atoms with van der Waals surface area (Å²) in [5.74, 6) is 0.896. The molecule has 1 unspecified atom stereocenters. The van der Waals surface area contributed by atoms with Crippen LogP contribution in [0.5, 0.6) is 5.88 Å². The van der Waals surface area contributed by atoms with Gasteiger partial charge in [-0.2, -0.15) is 8.78 Å². The molecule has 0 bridgehead atoms. The number of imidazole rings is 1. The predicted molar refractivity (Wildman–Crippen MR) is 116 cm³/mol. The van der Waals surface area contributed by atoms with Gasteiger partial charge in [-0.15, -0.1) is 5.10 Å². The van der Waals surface area contributed by atoms with E-state index >= 15 is 0 Å². The zero-order valence-electron chi connectivity index (χ0n) is 18.5. The molecule has 3 heterocycles. The van der Waals surface area contributed by atoms with Crippen molar-refractivity contribution in [2.24, 2.45) is 5.92 Å². The van der Waals surface area contributed by atoms with Crippen molar-refractivity contribution in [3.63, 3.8) is 0 Å². The minimum absolute atomic E-state index is 0.160. The summed E-state index contributed by atoms with van der Waals surface area (Å²) in [5.41, 5.74) is 3.96. The van der Waals surface area contributed by atoms with Crippen LogP contribution in [-0.4, -0.2) is 39.6 Å². The summed E-state index contributed by atoms with van der Waals surface area (Å²) in [6.07, 6.45) is 8.79. The quantitative estimate of drug-likeness (QED) is 0.522. The number of anilines is 1. The second-order valence-electron chi connectivity index (χ2n) is 7.82. The van der Waals surface area contributed by atoms with Gasteiger partial charge in [-0.1, -0.05) is 12.5 Å². The SMILES string of the molecule is CC/C(C)=C(/C=C\c1ncn(C(C)C2CCOCC2)c1C)Nc1cc(OC(F)F)n[nH]1. The van der Waals surface area contributed by atoms with Crippen LogP contribution in [-0.2, 0) is 4.74 Å². The Morgan fingerprint density at radius 1 is 1.42 bits per heavy atom. The fraction of sp³-hybridized carbons (Fsp3) is 0.545.